The van der Waals surface area contributed by atoms with Gasteiger partial charge in [-0.3, -0.25) is 0 Å². The van der Waals surface area contributed by atoms with Crippen molar-refractivity contribution in [2.24, 2.45) is 0 Å². The number of halogens is 1. The van der Waals surface area contributed by atoms with Gasteiger partial charge in [-0.2, -0.15) is 0 Å². The van der Waals surface area contributed by atoms with Crippen LogP contribution < -0.4 is 10.1 Å². The molecule has 0 amide bonds. The quantitative estimate of drug-likeness (QED) is 0.753. The van der Waals surface area contributed by atoms with Gasteiger partial charge in [0.2, 0.25) is 0 Å². The topological polar surface area (TPSA) is 34.1 Å². The fraction of sp³-hybridized carbons (Fsp3) is 0.400. The summed E-state index contributed by atoms with van der Waals surface area (Å²) in [7, 11) is 0. The molecule has 108 valence electrons. The number of hydrogen-bond acceptors (Lipinski definition) is 4. The first-order valence-electron chi connectivity index (χ1n) is 6.71. The molecule has 0 aliphatic rings. The van der Waals surface area contributed by atoms with Crippen molar-refractivity contribution in [2.45, 2.75) is 33.4 Å². The predicted molar refractivity (Wildman–Crippen MR) is 87.3 cm³/mol. The summed E-state index contributed by atoms with van der Waals surface area (Å²) in [6.07, 6.45) is 2.93. The van der Waals surface area contributed by atoms with Crippen molar-refractivity contribution in [3.63, 3.8) is 0 Å². The number of rotatable bonds is 7. The van der Waals surface area contributed by atoms with Crippen LogP contribution in [0.25, 0.3) is 0 Å². The Hall–Kier alpha value is -0.910. The van der Waals surface area contributed by atoms with Crippen LogP contribution in [-0.2, 0) is 13.2 Å². The van der Waals surface area contributed by atoms with Crippen molar-refractivity contribution in [3.05, 3.63) is 44.3 Å². The lowest BCUT2D eigenvalue weighted by Crippen LogP contribution is -2.15. The maximum absolute atomic E-state index is 5.99. The third-order valence-electron chi connectivity index (χ3n) is 2.88. The lowest BCUT2D eigenvalue weighted by atomic mass is 10.1. The number of thiazole rings is 1. The van der Waals surface area contributed by atoms with Gasteiger partial charge >= 0.3 is 0 Å². The van der Waals surface area contributed by atoms with Crippen LogP contribution in [0.15, 0.2) is 28.2 Å². The van der Waals surface area contributed by atoms with E-state index in [9.17, 15) is 0 Å². The molecular weight excluding hydrogens is 336 g/mol. The Bertz CT molecular complexity index is 543. The summed E-state index contributed by atoms with van der Waals surface area (Å²) in [4.78, 5) is 4.25. The molecule has 1 heterocycles. The molecule has 0 unspecified atom stereocenters. The molecule has 0 atom stereocenters. The Morgan fingerprint density at radius 3 is 2.95 bits per heavy atom. The molecule has 2 aromatic rings. The third kappa shape index (κ3) is 4.30. The standard InChI is InChI=1S/C15H19BrN2OS/c1-3-4-17-9-12-8-13(16)7-11(2)15(12)19-10-14-18-5-6-20-14/h5-8,17H,3-4,9-10H2,1-2H3. The SMILES string of the molecule is CCCNCc1cc(Br)cc(C)c1OCc1nccs1. The molecule has 1 N–H and O–H groups in total. The summed E-state index contributed by atoms with van der Waals surface area (Å²) in [6.45, 7) is 6.60. The Morgan fingerprint density at radius 2 is 2.25 bits per heavy atom. The third-order valence-corrected chi connectivity index (χ3v) is 4.09. The van der Waals surface area contributed by atoms with E-state index in [1.54, 1.807) is 11.3 Å². The van der Waals surface area contributed by atoms with Crippen molar-refractivity contribution >= 4 is 27.3 Å². The van der Waals surface area contributed by atoms with E-state index in [2.05, 4.69) is 52.2 Å². The Morgan fingerprint density at radius 1 is 1.40 bits per heavy atom. The zero-order valence-electron chi connectivity index (χ0n) is 11.8. The highest BCUT2D eigenvalue weighted by atomic mass is 79.9. The predicted octanol–water partition coefficient (Wildman–Crippen LogP) is 4.29. The van der Waals surface area contributed by atoms with E-state index in [0.29, 0.717) is 6.61 Å². The number of hydrogen-bond donors (Lipinski definition) is 1. The summed E-state index contributed by atoms with van der Waals surface area (Å²) < 4.78 is 7.07. The average Bonchev–Trinajstić information content (AvgIpc) is 2.91. The van der Waals surface area contributed by atoms with E-state index < -0.39 is 0 Å². The van der Waals surface area contributed by atoms with Crippen molar-refractivity contribution < 1.29 is 4.74 Å². The van der Waals surface area contributed by atoms with Gasteiger partial charge in [-0.15, -0.1) is 11.3 Å². The smallest absolute Gasteiger partial charge is 0.140 e. The number of nitrogens with zero attached hydrogens (tertiary/aromatic N) is 1. The molecule has 0 radical (unpaired) electrons. The summed E-state index contributed by atoms with van der Waals surface area (Å²) in [5.41, 5.74) is 2.33. The van der Waals surface area contributed by atoms with Gasteiger partial charge in [-0.25, -0.2) is 4.98 Å². The molecule has 20 heavy (non-hydrogen) atoms. The Labute approximate surface area is 132 Å². The molecule has 0 aliphatic heterocycles. The molecular formula is C15H19BrN2OS. The van der Waals surface area contributed by atoms with Crippen LogP contribution in [0.4, 0.5) is 0 Å². The fourth-order valence-electron chi connectivity index (χ4n) is 2.00. The normalized spacial score (nSPS) is 10.8. The Kier molecular flexibility index (Phi) is 6.01. The second-order valence-corrected chi connectivity index (χ2v) is 6.50. The van der Waals surface area contributed by atoms with Gasteiger partial charge < -0.3 is 10.1 Å². The van der Waals surface area contributed by atoms with Crippen molar-refractivity contribution in [1.29, 1.82) is 0 Å². The van der Waals surface area contributed by atoms with Crippen LogP contribution in [0.5, 0.6) is 5.75 Å². The highest BCUT2D eigenvalue weighted by molar-refractivity contribution is 9.10. The molecule has 0 fully saturated rings. The molecule has 2 rings (SSSR count). The number of aryl methyl sites for hydroxylation is 1. The first-order valence-corrected chi connectivity index (χ1v) is 8.39. The fourth-order valence-corrected chi connectivity index (χ4v) is 3.14. The monoisotopic (exact) mass is 354 g/mol. The number of nitrogens with one attached hydrogen (secondary N) is 1. The van der Waals surface area contributed by atoms with Gasteiger partial charge in [0.15, 0.2) is 0 Å². The maximum Gasteiger partial charge on any atom is 0.140 e. The van der Waals surface area contributed by atoms with Gasteiger partial charge in [0.25, 0.3) is 0 Å². The second kappa shape index (κ2) is 7.76. The van der Waals surface area contributed by atoms with E-state index in [4.69, 9.17) is 4.74 Å². The lowest BCUT2D eigenvalue weighted by molar-refractivity contribution is 0.299. The van der Waals surface area contributed by atoms with Gasteiger partial charge in [-0.05, 0) is 37.6 Å². The van der Waals surface area contributed by atoms with Gasteiger partial charge in [0, 0.05) is 28.2 Å². The van der Waals surface area contributed by atoms with Gasteiger partial charge in [0.05, 0.1) is 0 Å². The summed E-state index contributed by atoms with van der Waals surface area (Å²) in [5.74, 6) is 0.965. The maximum atomic E-state index is 5.99. The molecule has 3 nitrogen and oxygen atoms in total. The van der Waals surface area contributed by atoms with Crippen LogP contribution in [0.3, 0.4) is 0 Å². The molecule has 1 aromatic carbocycles. The summed E-state index contributed by atoms with van der Waals surface area (Å²) in [5, 5.41) is 6.39. The number of benzene rings is 1. The van der Waals surface area contributed by atoms with Crippen LogP contribution in [0.1, 0.15) is 29.5 Å². The largest absolute Gasteiger partial charge is 0.486 e. The van der Waals surface area contributed by atoms with E-state index >= 15 is 0 Å². The van der Waals surface area contributed by atoms with Crippen molar-refractivity contribution in [3.8, 4) is 5.75 Å². The molecule has 0 saturated carbocycles. The van der Waals surface area contributed by atoms with Crippen LogP contribution >= 0.6 is 27.3 Å². The molecule has 0 bridgehead atoms. The molecule has 5 heteroatoms. The van der Waals surface area contributed by atoms with Gasteiger partial charge in [0.1, 0.15) is 17.4 Å². The van der Waals surface area contributed by atoms with Crippen LogP contribution in [0, 0.1) is 6.92 Å². The molecule has 1 aromatic heterocycles. The minimum absolute atomic E-state index is 0.529. The zero-order valence-corrected chi connectivity index (χ0v) is 14.2. The van der Waals surface area contributed by atoms with Crippen LogP contribution in [-0.4, -0.2) is 11.5 Å². The van der Waals surface area contributed by atoms with E-state index in [0.717, 1.165) is 40.3 Å². The molecule has 0 aliphatic carbocycles. The van der Waals surface area contributed by atoms with Crippen LogP contribution in [0.2, 0.25) is 0 Å². The molecule has 0 spiro atoms. The van der Waals surface area contributed by atoms with E-state index in [1.165, 1.54) is 5.56 Å². The Balaban J connectivity index is 2.11. The highest BCUT2D eigenvalue weighted by Gasteiger charge is 2.10. The minimum Gasteiger partial charge on any atom is -0.486 e. The number of aromatic nitrogens is 1. The lowest BCUT2D eigenvalue weighted by Gasteiger charge is -2.15. The molecule has 0 saturated heterocycles. The van der Waals surface area contributed by atoms with E-state index in [-0.39, 0.29) is 0 Å². The van der Waals surface area contributed by atoms with Crippen molar-refractivity contribution in [2.75, 3.05) is 6.54 Å². The minimum atomic E-state index is 0.529. The number of ether oxygens (including phenoxy) is 1. The van der Waals surface area contributed by atoms with E-state index in [1.807, 2.05) is 11.6 Å². The zero-order chi connectivity index (χ0) is 14.4. The second-order valence-electron chi connectivity index (χ2n) is 4.60. The first-order chi connectivity index (χ1) is 9.70. The summed E-state index contributed by atoms with van der Waals surface area (Å²) >= 11 is 5.17. The highest BCUT2D eigenvalue weighted by Crippen LogP contribution is 2.29. The average molecular weight is 355 g/mol. The van der Waals surface area contributed by atoms with Gasteiger partial charge in [-0.1, -0.05) is 22.9 Å². The first kappa shape index (κ1) is 15.5. The van der Waals surface area contributed by atoms with Crippen molar-refractivity contribution in [1.82, 2.24) is 10.3 Å². The summed E-state index contributed by atoms with van der Waals surface area (Å²) in [6, 6.07) is 4.20.